The van der Waals surface area contributed by atoms with E-state index in [9.17, 15) is 4.79 Å². The third-order valence-electron chi connectivity index (χ3n) is 5.50. The molecule has 0 radical (unpaired) electrons. The number of halogens is 1. The van der Waals surface area contributed by atoms with Gasteiger partial charge in [0.2, 0.25) is 0 Å². The zero-order valence-corrected chi connectivity index (χ0v) is 16.1. The summed E-state index contributed by atoms with van der Waals surface area (Å²) in [6.07, 6.45) is 2.45. The minimum absolute atomic E-state index is 0.0239. The van der Waals surface area contributed by atoms with Crippen LogP contribution in [0.4, 0.5) is 0 Å². The van der Waals surface area contributed by atoms with E-state index in [-0.39, 0.29) is 18.1 Å². The molecule has 1 amide bonds. The first-order chi connectivity index (χ1) is 13.2. The van der Waals surface area contributed by atoms with E-state index in [4.69, 9.17) is 16.3 Å². The normalized spacial score (nSPS) is 23.5. The van der Waals surface area contributed by atoms with Gasteiger partial charge >= 0.3 is 0 Å². The van der Waals surface area contributed by atoms with Gasteiger partial charge in [0.25, 0.3) is 5.91 Å². The largest absolute Gasteiger partial charge is 0.373 e. The van der Waals surface area contributed by atoms with E-state index in [2.05, 4.69) is 17.0 Å². The van der Waals surface area contributed by atoms with E-state index in [1.54, 1.807) is 12.1 Å². The Balaban J connectivity index is 1.65. The van der Waals surface area contributed by atoms with Crippen LogP contribution in [0.15, 0.2) is 54.6 Å². The molecular formula is C22H25ClN2O2. The second-order valence-electron chi connectivity index (χ2n) is 7.25. The predicted octanol–water partition coefficient (Wildman–Crippen LogP) is 4.02. The van der Waals surface area contributed by atoms with Gasteiger partial charge in [0, 0.05) is 13.1 Å². The molecule has 2 fully saturated rings. The highest BCUT2D eigenvalue weighted by atomic mass is 35.5. The van der Waals surface area contributed by atoms with Crippen molar-refractivity contribution in [1.82, 2.24) is 9.80 Å². The van der Waals surface area contributed by atoms with Gasteiger partial charge < -0.3 is 14.5 Å². The van der Waals surface area contributed by atoms with E-state index in [0.29, 0.717) is 23.7 Å². The average Bonchev–Trinajstić information content (AvgIpc) is 3.21. The van der Waals surface area contributed by atoms with Gasteiger partial charge in [-0.3, -0.25) is 4.79 Å². The average molecular weight is 385 g/mol. The van der Waals surface area contributed by atoms with Crippen molar-refractivity contribution in [2.75, 3.05) is 32.8 Å². The number of carbonyl (C=O) groups is 1. The van der Waals surface area contributed by atoms with Gasteiger partial charge in [-0.2, -0.15) is 0 Å². The number of likely N-dealkylation sites (tertiary alicyclic amines) is 1. The monoisotopic (exact) mass is 384 g/mol. The number of amides is 1. The molecule has 2 heterocycles. The summed E-state index contributed by atoms with van der Waals surface area (Å²) in [6.45, 7) is 4.20. The van der Waals surface area contributed by atoms with Gasteiger partial charge in [-0.05, 0) is 43.6 Å². The molecule has 4 nitrogen and oxygen atoms in total. The zero-order valence-electron chi connectivity index (χ0n) is 15.4. The van der Waals surface area contributed by atoms with Gasteiger partial charge in [-0.1, -0.05) is 54.1 Å². The summed E-state index contributed by atoms with van der Waals surface area (Å²) >= 11 is 6.32. The van der Waals surface area contributed by atoms with Crippen LogP contribution < -0.4 is 0 Å². The lowest BCUT2D eigenvalue weighted by Crippen LogP contribution is -2.51. The molecule has 0 N–H and O–H groups in total. The van der Waals surface area contributed by atoms with Gasteiger partial charge in [-0.15, -0.1) is 0 Å². The number of ether oxygens (including phenoxy) is 1. The second kappa shape index (κ2) is 8.42. The molecule has 0 unspecified atom stereocenters. The smallest absolute Gasteiger partial charge is 0.256 e. The third kappa shape index (κ3) is 4.03. The van der Waals surface area contributed by atoms with Crippen LogP contribution in [0.2, 0.25) is 5.02 Å². The fraction of sp³-hybridized carbons (Fsp3) is 0.409. The highest BCUT2D eigenvalue weighted by Gasteiger charge is 2.38. The summed E-state index contributed by atoms with van der Waals surface area (Å²) in [5.41, 5.74) is 1.67. The van der Waals surface area contributed by atoms with Crippen molar-refractivity contribution >= 4 is 17.5 Å². The highest BCUT2D eigenvalue weighted by molar-refractivity contribution is 6.33. The van der Waals surface area contributed by atoms with E-state index in [0.717, 1.165) is 25.2 Å². The van der Waals surface area contributed by atoms with Crippen molar-refractivity contribution in [1.29, 1.82) is 0 Å². The molecule has 0 spiro atoms. The summed E-state index contributed by atoms with van der Waals surface area (Å²) in [6, 6.07) is 17.4. The van der Waals surface area contributed by atoms with Crippen molar-refractivity contribution in [3.8, 4) is 0 Å². The Bertz CT molecular complexity index is 777. The molecule has 4 rings (SSSR count). The third-order valence-corrected chi connectivity index (χ3v) is 5.82. The zero-order chi connectivity index (χ0) is 18.6. The molecule has 2 aromatic carbocycles. The Labute approximate surface area is 165 Å². The Hall–Kier alpha value is -1.88. The molecule has 0 aliphatic carbocycles. The van der Waals surface area contributed by atoms with Gasteiger partial charge in [0.1, 0.15) is 0 Å². The summed E-state index contributed by atoms with van der Waals surface area (Å²) in [5.74, 6) is -0.0239. The van der Waals surface area contributed by atoms with Crippen molar-refractivity contribution in [2.45, 2.75) is 25.0 Å². The lowest BCUT2D eigenvalue weighted by atomic mass is 9.96. The first-order valence-electron chi connectivity index (χ1n) is 9.68. The van der Waals surface area contributed by atoms with Crippen LogP contribution in [-0.2, 0) is 4.74 Å². The van der Waals surface area contributed by atoms with Gasteiger partial charge in [0.15, 0.2) is 0 Å². The van der Waals surface area contributed by atoms with Crippen LogP contribution in [0.1, 0.15) is 34.8 Å². The first-order valence-corrected chi connectivity index (χ1v) is 10.1. The molecule has 0 aromatic heterocycles. The SMILES string of the molecule is O=C(c1ccccc1Cl)N1CCO[C@@H](CN2CCCC2)[C@@H]1c1ccccc1. The van der Waals surface area contributed by atoms with Gasteiger partial charge in [0.05, 0.1) is 29.3 Å². The number of morpholine rings is 1. The molecule has 0 saturated carbocycles. The minimum Gasteiger partial charge on any atom is -0.373 e. The summed E-state index contributed by atoms with van der Waals surface area (Å²) in [4.78, 5) is 17.8. The van der Waals surface area contributed by atoms with Crippen LogP contribution in [0.25, 0.3) is 0 Å². The van der Waals surface area contributed by atoms with E-state index >= 15 is 0 Å². The predicted molar refractivity (Wildman–Crippen MR) is 107 cm³/mol. The first kappa shape index (κ1) is 18.5. The Morgan fingerprint density at radius 2 is 1.70 bits per heavy atom. The molecular weight excluding hydrogens is 360 g/mol. The molecule has 2 aliphatic rings. The minimum atomic E-state index is -0.107. The van der Waals surface area contributed by atoms with Crippen LogP contribution in [0.3, 0.4) is 0 Å². The van der Waals surface area contributed by atoms with E-state index < -0.39 is 0 Å². The summed E-state index contributed by atoms with van der Waals surface area (Å²) < 4.78 is 6.18. The fourth-order valence-corrected chi connectivity index (χ4v) is 4.38. The molecule has 5 heteroatoms. The lowest BCUT2D eigenvalue weighted by molar-refractivity contribution is -0.0707. The Morgan fingerprint density at radius 1 is 1.00 bits per heavy atom. The second-order valence-corrected chi connectivity index (χ2v) is 7.66. The standard InChI is InChI=1S/C22H25ClN2O2/c23-19-11-5-4-10-18(19)22(26)25-14-15-27-20(16-24-12-6-7-13-24)21(25)17-8-2-1-3-9-17/h1-5,8-11,20-21H,6-7,12-16H2/t20-,21-/m0/s1. The molecule has 0 bridgehead atoms. The van der Waals surface area contributed by atoms with E-state index in [1.165, 1.54) is 12.8 Å². The Morgan fingerprint density at radius 3 is 2.44 bits per heavy atom. The lowest BCUT2D eigenvalue weighted by Gasteiger charge is -2.43. The van der Waals surface area contributed by atoms with E-state index in [1.807, 2.05) is 35.2 Å². The van der Waals surface area contributed by atoms with Crippen LogP contribution in [-0.4, -0.2) is 54.6 Å². The fourth-order valence-electron chi connectivity index (χ4n) is 4.17. The summed E-state index contributed by atoms with van der Waals surface area (Å²) in [7, 11) is 0. The number of benzene rings is 2. The van der Waals surface area contributed by atoms with Gasteiger partial charge in [-0.25, -0.2) is 0 Å². The number of nitrogens with zero attached hydrogens (tertiary/aromatic N) is 2. The maximum atomic E-state index is 13.4. The molecule has 2 aliphatic heterocycles. The number of carbonyl (C=O) groups excluding carboxylic acids is 1. The number of hydrogen-bond donors (Lipinski definition) is 0. The Kier molecular flexibility index (Phi) is 5.77. The maximum absolute atomic E-state index is 13.4. The van der Waals surface area contributed by atoms with Crippen molar-refractivity contribution in [3.05, 3.63) is 70.7 Å². The molecule has 2 aromatic rings. The molecule has 2 atom stereocenters. The summed E-state index contributed by atoms with van der Waals surface area (Å²) in [5, 5.41) is 0.497. The van der Waals surface area contributed by atoms with Crippen LogP contribution in [0, 0.1) is 0 Å². The number of hydrogen-bond acceptors (Lipinski definition) is 3. The molecule has 142 valence electrons. The van der Waals surface area contributed by atoms with Crippen LogP contribution >= 0.6 is 11.6 Å². The molecule has 2 saturated heterocycles. The highest BCUT2D eigenvalue weighted by Crippen LogP contribution is 2.33. The van der Waals surface area contributed by atoms with Crippen molar-refractivity contribution < 1.29 is 9.53 Å². The number of rotatable bonds is 4. The quantitative estimate of drug-likeness (QED) is 0.798. The topological polar surface area (TPSA) is 32.8 Å². The maximum Gasteiger partial charge on any atom is 0.256 e. The van der Waals surface area contributed by atoms with Crippen molar-refractivity contribution in [3.63, 3.8) is 0 Å². The van der Waals surface area contributed by atoms with Crippen molar-refractivity contribution in [2.24, 2.45) is 0 Å². The van der Waals surface area contributed by atoms with Crippen LogP contribution in [0.5, 0.6) is 0 Å². The molecule has 27 heavy (non-hydrogen) atoms.